The zero-order valence-corrected chi connectivity index (χ0v) is 16.6. The number of aliphatic hydroxyl groups is 1. The Morgan fingerprint density at radius 3 is 2.77 bits per heavy atom. The fourth-order valence-electron chi connectivity index (χ4n) is 4.86. The molecule has 0 aliphatic heterocycles. The van der Waals surface area contributed by atoms with Gasteiger partial charge in [0, 0.05) is 25.7 Å². The van der Waals surface area contributed by atoms with Crippen molar-refractivity contribution in [3.63, 3.8) is 0 Å². The zero-order chi connectivity index (χ0) is 18.8. The Morgan fingerprint density at radius 2 is 1.96 bits per heavy atom. The van der Waals surface area contributed by atoms with Crippen molar-refractivity contribution in [1.82, 2.24) is 0 Å². The smallest absolute Gasteiger partial charge is 0.133 e. The lowest BCUT2D eigenvalue weighted by molar-refractivity contribution is -0.121. The van der Waals surface area contributed by atoms with Crippen LogP contribution in [-0.4, -0.2) is 22.8 Å². The summed E-state index contributed by atoms with van der Waals surface area (Å²) in [6, 6.07) is 0. The molecular weight excluding hydrogens is 324 g/mol. The minimum Gasteiger partial charge on any atom is -0.393 e. The second-order valence-corrected chi connectivity index (χ2v) is 8.47. The molecule has 26 heavy (non-hydrogen) atoms. The van der Waals surface area contributed by atoms with Crippen LogP contribution in [0.5, 0.6) is 0 Å². The molecule has 0 aromatic carbocycles. The molecule has 0 saturated heterocycles. The summed E-state index contributed by atoms with van der Waals surface area (Å²) in [5, 5.41) is 10.6. The van der Waals surface area contributed by atoms with E-state index >= 15 is 0 Å². The summed E-state index contributed by atoms with van der Waals surface area (Å²) in [4.78, 5) is 24.4. The third kappa shape index (κ3) is 6.98. The summed E-state index contributed by atoms with van der Waals surface area (Å²) in [6.07, 6.45) is 17.0. The van der Waals surface area contributed by atoms with Gasteiger partial charge in [-0.2, -0.15) is 0 Å². The summed E-state index contributed by atoms with van der Waals surface area (Å²) >= 11 is 0. The van der Waals surface area contributed by atoms with Gasteiger partial charge in [0.05, 0.1) is 6.10 Å². The highest BCUT2D eigenvalue weighted by Crippen LogP contribution is 2.44. The van der Waals surface area contributed by atoms with E-state index in [1.54, 1.807) is 0 Å². The van der Waals surface area contributed by atoms with E-state index in [4.69, 9.17) is 0 Å². The molecular formula is C23H38O3. The van der Waals surface area contributed by atoms with Crippen LogP contribution >= 0.6 is 0 Å². The highest BCUT2D eigenvalue weighted by atomic mass is 16.3. The van der Waals surface area contributed by atoms with Gasteiger partial charge in [0.1, 0.15) is 11.6 Å². The topological polar surface area (TPSA) is 54.4 Å². The van der Waals surface area contributed by atoms with E-state index in [2.05, 4.69) is 19.1 Å². The molecule has 1 saturated carbocycles. The van der Waals surface area contributed by atoms with Crippen molar-refractivity contribution in [3.05, 3.63) is 12.2 Å². The Morgan fingerprint density at radius 1 is 1.15 bits per heavy atom. The highest BCUT2D eigenvalue weighted by molar-refractivity contribution is 5.79. The molecule has 2 rings (SSSR count). The predicted molar refractivity (Wildman–Crippen MR) is 106 cm³/mol. The minimum atomic E-state index is -0.343. The molecule has 1 N–H and O–H groups in total. The van der Waals surface area contributed by atoms with Gasteiger partial charge in [-0.1, -0.05) is 44.8 Å². The summed E-state index contributed by atoms with van der Waals surface area (Å²) in [7, 11) is 0. The molecule has 148 valence electrons. The van der Waals surface area contributed by atoms with Crippen molar-refractivity contribution >= 4 is 11.6 Å². The van der Waals surface area contributed by atoms with E-state index in [-0.39, 0.29) is 12.0 Å². The van der Waals surface area contributed by atoms with Gasteiger partial charge in [-0.3, -0.25) is 9.59 Å². The van der Waals surface area contributed by atoms with Crippen LogP contribution in [0.25, 0.3) is 0 Å². The third-order valence-electron chi connectivity index (χ3n) is 6.40. The molecule has 0 heterocycles. The van der Waals surface area contributed by atoms with Gasteiger partial charge in [-0.25, -0.2) is 0 Å². The number of carbonyl (C=O) groups excluding carboxylic acids is 2. The molecule has 0 bridgehead atoms. The molecule has 0 amide bonds. The van der Waals surface area contributed by atoms with Crippen molar-refractivity contribution in [3.8, 4) is 0 Å². The first-order valence-corrected chi connectivity index (χ1v) is 11.0. The summed E-state index contributed by atoms with van der Waals surface area (Å²) < 4.78 is 0. The van der Waals surface area contributed by atoms with Crippen LogP contribution in [0.4, 0.5) is 0 Å². The summed E-state index contributed by atoms with van der Waals surface area (Å²) in [5.41, 5.74) is 0. The fourth-order valence-corrected chi connectivity index (χ4v) is 4.86. The lowest BCUT2D eigenvalue weighted by Crippen LogP contribution is -2.22. The predicted octanol–water partition coefficient (Wildman–Crippen LogP) is 5.40. The van der Waals surface area contributed by atoms with Gasteiger partial charge >= 0.3 is 0 Å². The van der Waals surface area contributed by atoms with Gasteiger partial charge in [0.25, 0.3) is 0 Å². The lowest BCUT2D eigenvalue weighted by atomic mass is 9.80. The van der Waals surface area contributed by atoms with E-state index in [1.165, 1.54) is 19.3 Å². The molecule has 0 spiro atoms. The minimum absolute atomic E-state index is 0.181. The molecule has 4 atom stereocenters. The van der Waals surface area contributed by atoms with E-state index in [1.807, 2.05) is 0 Å². The van der Waals surface area contributed by atoms with Gasteiger partial charge in [-0.05, 0) is 56.3 Å². The summed E-state index contributed by atoms with van der Waals surface area (Å²) in [5.74, 6) is 1.55. The number of carbonyl (C=O) groups is 2. The largest absolute Gasteiger partial charge is 0.393 e. The zero-order valence-electron chi connectivity index (χ0n) is 16.6. The van der Waals surface area contributed by atoms with Crippen molar-refractivity contribution in [2.24, 2.45) is 17.8 Å². The van der Waals surface area contributed by atoms with E-state index in [0.29, 0.717) is 49.1 Å². The van der Waals surface area contributed by atoms with Crippen molar-refractivity contribution < 1.29 is 14.7 Å². The van der Waals surface area contributed by atoms with Crippen molar-refractivity contribution in [2.75, 3.05) is 0 Å². The number of hydrogen-bond acceptors (Lipinski definition) is 3. The molecule has 0 radical (unpaired) electrons. The van der Waals surface area contributed by atoms with Crippen LogP contribution in [-0.2, 0) is 9.59 Å². The summed E-state index contributed by atoms with van der Waals surface area (Å²) in [6.45, 7) is 2.20. The normalized spacial score (nSPS) is 30.8. The second-order valence-electron chi connectivity index (χ2n) is 8.47. The van der Waals surface area contributed by atoms with Crippen molar-refractivity contribution in [1.29, 1.82) is 0 Å². The molecule has 0 aromatic heterocycles. The maximum atomic E-state index is 12.2. The third-order valence-corrected chi connectivity index (χ3v) is 6.40. The highest BCUT2D eigenvalue weighted by Gasteiger charge is 2.42. The van der Waals surface area contributed by atoms with E-state index < -0.39 is 0 Å². The maximum Gasteiger partial charge on any atom is 0.133 e. The Kier molecular flexibility index (Phi) is 9.60. The molecule has 3 heteroatoms. The first-order valence-electron chi connectivity index (χ1n) is 11.0. The molecule has 0 unspecified atom stereocenters. The Labute approximate surface area is 159 Å². The fraction of sp³-hybridized carbons (Fsp3) is 0.826. The van der Waals surface area contributed by atoms with Crippen LogP contribution in [0.15, 0.2) is 12.2 Å². The first kappa shape index (κ1) is 21.3. The number of unbranched alkanes of at least 4 members (excludes halogenated alkanes) is 4. The number of rotatable bonds is 9. The first-order chi connectivity index (χ1) is 12.6. The molecule has 2 aliphatic rings. The van der Waals surface area contributed by atoms with E-state index in [0.717, 1.165) is 44.9 Å². The van der Waals surface area contributed by atoms with Crippen molar-refractivity contribution in [2.45, 2.75) is 103 Å². The number of ketones is 2. The number of fused-ring (bicyclic) bond motifs is 1. The standard InChI is InChI=1S/C23H38O3/c1-2-3-4-5-8-11-19(24)14-15-22-21-13-10-7-6-9-12-20(25)16-18(21)17-23(22)26/h7,10,18,21-23,26H,2-6,8-9,11-17H2,1H3/b10-7-/t18-,21-,22+,23+/m0/s1. The number of hydrogen-bond donors (Lipinski definition) is 1. The Bertz CT molecular complexity index is 468. The van der Waals surface area contributed by atoms with Crippen LogP contribution in [0.2, 0.25) is 0 Å². The second kappa shape index (κ2) is 11.7. The van der Waals surface area contributed by atoms with Gasteiger partial charge in [-0.15, -0.1) is 0 Å². The van der Waals surface area contributed by atoms with Crippen LogP contribution < -0.4 is 0 Å². The monoisotopic (exact) mass is 362 g/mol. The lowest BCUT2D eigenvalue weighted by Gasteiger charge is -2.25. The Hall–Kier alpha value is -0.960. The van der Waals surface area contributed by atoms with Crippen LogP contribution in [0.3, 0.4) is 0 Å². The SMILES string of the molecule is CCCCCCCC(=O)CC[C@@H]1[C@H]2C/C=C\CCCC(=O)C[C@H]2C[C@H]1O. The van der Waals surface area contributed by atoms with Gasteiger partial charge < -0.3 is 5.11 Å². The molecule has 2 aliphatic carbocycles. The van der Waals surface area contributed by atoms with Crippen LogP contribution in [0, 0.1) is 17.8 Å². The average molecular weight is 363 g/mol. The average Bonchev–Trinajstić information content (AvgIpc) is 2.90. The quantitative estimate of drug-likeness (QED) is 0.441. The maximum absolute atomic E-state index is 12.2. The van der Waals surface area contributed by atoms with E-state index in [9.17, 15) is 14.7 Å². The Balaban J connectivity index is 1.82. The molecule has 3 nitrogen and oxygen atoms in total. The van der Waals surface area contributed by atoms with Gasteiger partial charge in [0.15, 0.2) is 0 Å². The van der Waals surface area contributed by atoms with Gasteiger partial charge in [0.2, 0.25) is 0 Å². The number of allylic oxidation sites excluding steroid dienone is 2. The van der Waals surface area contributed by atoms with Crippen LogP contribution in [0.1, 0.15) is 96.8 Å². The molecule has 0 aromatic rings. The number of aliphatic hydroxyl groups excluding tert-OH is 1. The number of Topliss-reactive ketones (excluding diaryl/α,β-unsaturated/α-hetero) is 2. The molecule has 1 fully saturated rings.